The number of aromatic nitrogens is 3. The van der Waals surface area contributed by atoms with E-state index in [0.717, 1.165) is 0 Å². The van der Waals surface area contributed by atoms with E-state index >= 15 is 0 Å². The van der Waals surface area contributed by atoms with Gasteiger partial charge in [-0.3, -0.25) is 0 Å². The molecule has 106 valence electrons. The van der Waals surface area contributed by atoms with Crippen molar-refractivity contribution in [2.45, 2.75) is 20.0 Å². The van der Waals surface area contributed by atoms with Gasteiger partial charge in [-0.15, -0.1) is 0 Å². The van der Waals surface area contributed by atoms with Crippen LogP contribution in [0, 0.1) is 5.82 Å². The number of ether oxygens (including phenoxy) is 2. The molecule has 0 saturated carbocycles. The van der Waals surface area contributed by atoms with E-state index in [2.05, 4.69) is 15.0 Å². The van der Waals surface area contributed by atoms with Crippen molar-refractivity contribution in [2.24, 2.45) is 0 Å². The van der Waals surface area contributed by atoms with Crippen molar-refractivity contribution in [2.75, 3.05) is 7.11 Å². The molecule has 2 heterocycles. The van der Waals surface area contributed by atoms with Crippen LogP contribution in [0.15, 0.2) is 18.5 Å². The van der Waals surface area contributed by atoms with Crippen molar-refractivity contribution >= 4 is 11.6 Å². The molecule has 0 unspecified atom stereocenters. The van der Waals surface area contributed by atoms with Crippen molar-refractivity contribution in [3.05, 3.63) is 29.6 Å². The van der Waals surface area contributed by atoms with Crippen LogP contribution in [-0.2, 0) is 0 Å². The maximum atomic E-state index is 13.9. The van der Waals surface area contributed by atoms with Gasteiger partial charge in [0.15, 0.2) is 11.6 Å². The summed E-state index contributed by atoms with van der Waals surface area (Å²) in [5.41, 5.74) is 0.801. The van der Waals surface area contributed by atoms with E-state index in [4.69, 9.17) is 21.1 Å². The molecule has 0 aliphatic heterocycles. The van der Waals surface area contributed by atoms with Gasteiger partial charge in [-0.1, -0.05) is 0 Å². The molecule has 2 rings (SSSR count). The summed E-state index contributed by atoms with van der Waals surface area (Å²) >= 11 is 5.75. The molecule has 0 aliphatic rings. The summed E-state index contributed by atoms with van der Waals surface area (Å²) in [7, 11) is 1.47. The van der Waals surface area contributed by atoms with Crippen LogP contribution in [0.1, 0.15) is 13.8 Å². The molecule has 0 amide bonds. The van der Waals surface area contributed by atoms with Gasteiger partial charge in [0.05, 0.1) is 19.4 Å². The van der Waals surface area contributed by atoms with Crippen molar-refractivity contribution in [1.82, 2.24) is 15.0 Å². The lowest BCUT2D eigenvalue weighted by Gasteiger charge is -2.11. The van der Waals surface area contributed by atoms with Crippen LogP contribution >= 0.6 is 11.6 Å². The van der Waals surface area contributed by atoms with E-state index in [-0.39, 0.29) is 17.3 Å². The number of nitrogens with zero attached hydrogens (tertiary/aromatic N) is 3. The van der Waals surface area contributed by atoms with Crippen molar-refractivity contribution < 1.29 is 13.9 Å². The second-order valence-electron chi connectivity index (χ2n) is 4.23. The molecule has 2 aromatic heterocycles. The lowest BCUT2D eigenvalue weighted by Crippen LogP contribution is -2.08. The van der Waals surface area contributed by atoms with E-state index < -0.39 is 5.82 Å². The van der Waals surface area contributed by atoms with Crippen molar-refractivity contribution in [3.63, 3.8) is 0 Å². The molecule has 0 aliphatic carbocycles. The smallest absolute Gasteiger partial charge is 0.250 e. The van der Waals surface area contributed by atoms with E-state index in [9.17, 15) is 4.39 Å². The molecule has 7 heteroatoms. The van der Waals surface area contributed by atoms with Crippen LogP contribution in [0.4, 0.5) is 4.39 Å². The van der Waals surface area contributed by atoms with Gasteiger partial charge < -0.3 is 9.47 Å². The highest BCUT2D eigenvalue weighted by Crippen LogP contribution is 2.29. The summed E-state index contributed by atoms with van der Waals surface area (Å²) in [5, 5.41) is 0.0451. The standard InChI is InChI=1S/C13H13ClFN3O2/c1-7(2)20-12-9(15)4-8(5-16-12)11-10(19-3)6-17-13(14)18-11/h4-7H,1-3H3. The molecule has 0 spiro atoms. The molecular weight excluding hydrogens is 285 g/mol. The Morgan fingerprint density at radius 3 is 2.60 bits per heavy atom. The predicted molar refractivity (Wildman–Crippen MR) is 72.5 cm³/mol. The molecule has 2 aromatic rings. The molecule has 0 radical (unpaired) electrons. The summed E-state index contributed by atoms with van der Waals surface area (Å²) in [6, 6.07) is 1.27. The normalized spacial score (nSPS) is 10.7. The first-order chi connectivity index (χ1) is 9.51. The second-order valence-corrected chi connectivity index (χ2v) is 4.57. The highest BCUT2D eigenvalue weighted by molar-refractivity contribution is 6.28. The molecule has 20 heavy (non-hydrogen) atoms. The van der Waals surface area contributed by atoms with Gasteiger partial charge in [-0.05, 0) is 31.5 Å². The fourth-order valence-corrected chi connectivity index (χ4v) is 1.70. The zero-order valence-corrected chi connectivity index (χ0v) is 12.0. The monoisotopic (exact) mass is 297 g/mol. The third-order valence-electron chi connectivity index (χ3n) is 2.37. The minimum absolute atomic E-state index is 0.0451. The van der Waals surface area contributed by atoms with Gasteiger partial charge in [0.25, 0.3) is 5.88 Å². The van der Waals surface area contributed by atoms with Crippen LogP contribution in [0.25, 0.3) is 11.3 Å². The maximum absolute atomic E-state index is 13.9. The number of rotatable bonds is 4. The average Bonchev–Trinajstić information content (AvgIpc) is 2.40. The Kier molecular flexibility index (Phi) is 4.34. The zero-order valence-electron chi connectivity index (χ0n) is 11.2. The number of halogens is 2. The number of pyridine rings is 1. The quantitative estimate of drug-likeness (QED) is 0.812. The first-order valence-corrected chi connectivity index (χ1v) is 6.28. The van der Waals surface area contributed by atoms with Crippen LogP contribution in [-0.4, -0.2) is 28.2 Å². The first-order valence-electron chi connectivity index (χ1n) is 5.90. The van der Waals surface area contributed by atoms with Crippen molar-refractivity contribution in [3.8, 4) is 22.9 Å². The Morgan fingerprint density at radius 2 is 2.00 bits per heavy atom. The molecule has 0 fully saturated rings. The molecular formula is C13H13ClFN3O2. The molecule has 0 saturated heterocycles. The van der Waals surface area contributed by atoms with Crippen LogP contribution < -0.4 is 9.47 Å². The highest BCUT2D eigenvalue weighted by atomic mass is 35.5. The van der Waals surface area contributed by atoms with E-state index in [1.807, 2.05) is 0 Å². The lowest BCUT2D eigenvalue weighted by molar-refractivity contribution is 0.221. The van der Waals surface area contributed by atoms with E-state index in [1.54, 1.807) is 13.8 Å². The lowest BCUT2D eigenvalue weighted by atomic mass is 10.2. The molecule has 0 aromatic carbocycles. The summed E-state index contributed by atoms with van der Waals surface area (Å²) in [6.07, 6.45) is 2.70. The third kappa shape index (κ3) is 3.14. The second kappa shape index (κ2) is 6.00. The predicted octanol–water partition coefficient (Wildman–Crippen LogP) is 3.13. The van der Waals surface area contributed by atoms with Gasteiger partial charge >= 0.3 is 0 Å². The first kappa shape index (κ1) is 14.5. The number of hydrogen-bond acceptors (Lipinski definition) is 5. The Balaban J connectivity index is 2.44. The summed E-state index contributed by atoms with van der Waals surface area (Å²) in [4.78, 5) is 11.8. The minimum Gasteiger partial charge on any atom is -0.493 e. The molecule has 0 N–H and O–H groups in total. The largest absolute Gasteiger partial charge is 0.493 e. The summed E-state index contributed by atoms with van der Waals surface area (Å²) in [5.74, 6) is -0.246. The van der Waals surface area contributed by atoms with E-state index in [0.29, 0.717) is 17.0 Å². The summed E-state index contributed by atoms with van der Waals surface area (Å²) in [6.45, 7) is 3.59. The Bertz CT molecular complexity index is 623. The number of hydrogen-bond donors (Lipinski definition) is 0. The van der Waals surface area contributed by atoms with Gasteiger partial charge in [0.1, 0.15) is 5.69 Å². The van der Waals surface area contributed by atoms with Crippen LogP contribution in [0.5, 0.6) is 11.6 Å². The Morgan fingerprint density at radius 1 is 1.25 bits per heavy atom. The van der Waals surface area contributed by atoms with Crippen LogP contribution in [0.3, 0.4) is 0 Å². The maximum Gasteiger partial charge on any atom is 0.250 e. The fraction of sp³-hybridized carbons (Fsp3) is 0.308. The number of methoxy groups -OCH3 is 1. The summed E-state index contributed by atoms with van der Waals surface area (Å²) < 4.78 is 24.3. The van der Waals surface area contributed by atoms with E-state index in [1.165, 1.54) is 25.6 Å². The zero-order chi connectivity index (χ0) is 14.7. The highest BCUT2D eigenvalue weighted by Gasteiger charge is 2.14. The minimum atomic E-state index is -0.576. The third-order valence-corrected chi connectivity index (χ3v) is 2.56. The average molecular weight is 298 g/mol. The van der Waals surface area contributed by atoms with Gasteiger partial charge in [-0.25, -0.2) is 19.3 Å². The fourth-order valence-electron chi connectivity index (χ4n) is 1.57. The Hall–Kier alpha value is -1.95. The van der Waals surface area contributed by atoms with Gasteiger partial charge in [-0.2, -0.15) is 0 Å². The van der Waals surface area contributed by atoms with Gasteiger partial charge in [0.2, 0.25) is 5.28 Å². The molecule has 5 nitrogen and oxygen atoms in total. The Labute approximate surface area is 120 Å². The molecule has 0 bridgehead atoms. The van der Waals surface area contributed by atoms with Gasteiger partial charge in [0, 0.05) is 11.8 Å². The topological polar surface area (TPSA) is 57.1 Å². The SMILES string of the molecule is COc1cnc(Cl)nc1-c1cnc(OC(C)C)c(F)c1. The van der Waals surface area contributed by atoms with Crippen molar-refractivity contribution in [1.29, 1.82) is 0 Å². The van der Waals surface area contributed by atoms with Crippen LogP contribution in [0.2, 0.25) is 5.28 Å². The molecule has 0 atom stereocenters.